The summed E-state index contributed by atoms with van der Waals surface area (Å²) in [7, 11) is 1.74. The third-order valence-corrected chi connectivity index (χ3v) is 5.36. The summed E-state index contributed by atoms with van der Waals surface area (Å²) in [4.78, 5) is 0. The molecule has 1 aliphatic carbocycles. The standard InChI is InChI=1S/C23H27NO/c1-4-18-6-5-7-22(15-18)24-16-19-8-10-20(11-9-19)21-12-13-23(25-3)17(2)14-21/h1,5-7,12-15,19-20,24H,8-11,16H2,2-3H3/t19-,20-. The first-order valence-corrected chi connectivity index (χ1v) is 9.14. The average Bonchev–Trinajstić information content (AvgIpc) is 2.67. The van der Waals surface area contributed by atoms with Crippen LogP contribution in [-0.2, 0) is 0 Å². The van der Waals surface area contributed by atoms with Gasteiger partial charge in [0.25, 0.3) is 0 Å². The predicted octanol–water partition coefficient (Wildman–Crippen LogP) is 5.37. The lowest BCUT2D eigenvalue weighted by molar-refractivity contribution is 0.338. The molecule has 0 unspecified atom stereocenters. The summed E-state index contributed by atoms with van der Waals surface area (Å²) < 4.78 is 5.37. The highest BCUT2D eigenvalue weighted by Crippen LogP contribution is 2.37. The zero-order valence-corrected chi connectivity index (χ0v) is 15.2. The largest absolute Gasteiger partial charge is 0.496 e. The SMILES string of the molecule is C#Cc1cccc(NC[C@H]2CC[C@H](c3ccc(OC)c(C)c3)CC2)c1. The number of hydrogen-bond acceptors (Lipinski definition) is 2. The molecule has 0 atom stereocenters. The van der Waals surface area contributed by atoms with Gasteiger partial charge in [-0.3, -0.25) is 0 Å². The molecule has 2 aromatic carbocycles. The van der Waals surface area contributed by atoms with E-state index in [-0.39, 0.29) is 0 Å². The molecule has 1 saturated carbocycles. The summed E-state index contributed by atoms with van der Waals surface area (Å²) in [6.07, 6.45) is 10.6. The Balaban J connectivity index is 1.51. The van der Waals surface area contributed by atoms with Gasteiger partial charge in [0.05, 0.1) is 7.11 Å². The van der Waals surface area contributed by atoms with E-state index in [4.69, 9.17) is 11.2 Å². The fraction of sp³-hybridized carbons (Fsp3) is 0.391. The van der Waals surface area contributed by atoms with Crippen LogP contribution in [0.5, 0.6) is 5.75 Å². The summed E-state index contributed by atoms with van der Waals surface area (Å²) in [5.41, 5.74) is 4.76. The quantitative estimate of drug-likeness (QED) is 0.743. The topological polar surface area (TPSA) is 21.3 Å². The van der Waals surface area contributed by atoms with Crippen molar-refractivity contribution in [3.63, 3.8) is 0 Å². The Morgan fingerprint density at radius 3 is 2.60 bits per heavy atom. The van der Waals surface area contributed by atoms with Gasteiger partial charge < -0.3 is 10.1 Å². The van der Waals surface area contributed by atoms with Crippen molar-refractivity contribution in [3.8, 4) is 18.1 Å². The fourth-order valence-corrected chi connectivity index (χ4v) is 3.84. The van der Waals surface area contributed by atoms with Gasteiger partial charge in [-0.15, -0.1) is 6.42 Å². The van der Waals surface area contributed by atoms with Gasteiger partial charge in [-0.2, -0.15) is 0 Å². The van der Waals surface area contributed by atoms with E-state index in [9.17, 15) is 0 Å². The van der Waals surface area contributed by atoms with Crippen LogP contribution < -0.4 is 10.1 Å². The van der Waals surface area contributed by atoms with Gasteiger partial charge in [0.2, 0.25) is 0 Å². The highest BCUT2D eigenvalue weighted by molar-refractivity contribution is 5.50. The highest BCUT2D eigenvalue weighted by atomic mass is 16.5. The molecule has 1 aliphatic rings. The summed E-state index contributed by atoms with van der Waals surface area (Å²) in [6, 6.07) is 14.8. The van der Waals surface area contributed by atoms with E-state index in [1.165, 1.54) is 36.8 Å². The predicted molar refractivity (Wildman–Crippen MR) is 105 cm³/mol. The van der Waals surface area contributed by atoms with Crippen LogP contribution in [0.15, 0.2) is 42.5 Å². The molecule has 0 saturated heterocycles. The Hall–Kier alpha value is -2.40. The van der Waals surface area contributed by atoms with E-state index < -0.39 is 0 Å². The molecule has 2 nitrogen and oxygen atoms in total. The Kier molecular flexibility index (Phi) is 5.66. The zero-order chi connectivity index (χ0) is 17.6. The molecule has 0 aromatic heterocycles. The average molecular weight is 333 g/mol. The molecule has 2 aromatic rings. The second-order valence-electron chi connectivity index (χ2n) is 7.05. The van der Waals surface area contributed by atoms with Crippen molar-refractivity contribution in [2.75, 3.05) is 19.0 Å². The van der Waals surface area contributed by atoms with Gasteiger partial charge in [0.1, 0.15) is 5.75 Å². The van der Waals surface area contributed by atoms with Crippen LogP contribution in [-0.4, -0.2) is 13.7 Å². The maximum Gasteiger partial charge on any atom is 0.121 e. The van der Waals surface area contributed by atoms with Crippen LogP contribution in [0.2, 0.25) is 0 Å². The monoisotopic (exact) mass is 333 g/mol. The number of anilines is 1. The molecular weight excluding hydrogens is 306 g/mol. The van der Waals surface area contributed by atoms with Crippen LogP contribution in [0.4, 0.5) is 5.69 Å². The van der Waals surface area contributed by atoms with Gasteiger partial charge in [-0.1, -0.05) is 24.1 Å². The lowest BCUT2D eigenvalue weighted by Crippen LogP contribution is -2.20. The van der Waals surface area contributed by atoms with E-state index in [0.717, 1.165) is 29.5 Å². The van der Waals surface area contributed by atoms with Crippen molar-refractivity contribution in [2.24, 2.45) is 5.92 Å². The number of nitrogens with one attached hydrogen (secondary N) is 1. The molecule has 0 spiro atoms. The summed E-state index contributed by atoms with van der Waals surface area (Å²) in [6.45, 7) is 3.16. The molecule has 0 aliphatic heterocycles. The molecule has 1 fully saturated rings. The molecule has 0 heterocycles. The van der Waals surface area contributed by atoms with Crippen molar-refractivity contribution in [2.45, 2.75) is 38.5 Å². The maximum absolute atomic E-state index is 5.47. The molecular formula is C23H27NO. The first-order chi connectivity index (χ1) is 12.2. The number of terminal acetylenes is 1. The number of ether oxygens (including phenoxy) is 1. The minimum Gasteiger partial charge on any atom is -0.496 e. The van der Waals surface area contributed by atoms with Gasteiger partial charge in [0.15, 0.2) is 0 Å². The molecule has 130 valence electrons. The lowest BCUT2D eigenvalue weighted by Gasteiger charge is -2.29. The first-order valence-electron chi connectivity index (χ1n) is 9.14. The van der Waals surface area contributed by atoms with E-state index in [1.54, 1.807) is 7.11 Å². The van der Waals surface area contributed by atoms with Crippen molar-refractivity contribution in [1.82, 2.24) is 0 Å². The Morgan fingerprint density at radius 2 is 1.92 bits per heavy atom. The Morgan fingerprint density at radius 1 is 1.12 bits per heavy atom. The molecule has 0 radical (unpaired) electrons. The van der Waals surface area contributed by atoms with Gasteiger partial charge in [-0.25, -0.2) is 0 Å². The minimum absolute atomic E-state index is 0.686. The van der Waals surface area contributed by atoms with E-state index in [1.807, 2.05) is 18.2 Å². The summed E-state index contributed by atoms with van der Waals surface area (Å²) >= 11 is 0. The number of benzene rings is 2. The molecule has 2 heteroatoms. The smallest absolute Gasteiger partial charge is 0.121 e. The third kappa shape index (κ3) is 4.37. The number of hydrogen-bond donors (Lipinski definition) is 1. The van der Waals surface area contributed by atoms with E-state index in [0.29, 0.717) is 5.92 Å². The summed E-state index contributed by atoms with van der Waals surface area (Å²) in [5.74, 6) is 5.10. The van der Waals surface area contributed by atoms with Crippen LogP contribution >= 0.6 is 0 Å². The normalized spacial score (nSPS) is 19.9. The fourth-order valence-electron chi connectivity index (χ4n) is 3.84. The molecule has 3 rings (SSSR count). The minimum atomic E-state index is 0.686. The third-order valence-electron chi connectivity index (χ3n) is 5.36. The van der Waals surface area contributed by atoms with Gasteiger partial charge in [0, 0.05) is 17.8 Å². The number of aryl methyl sites for hydroxylation is 1. The van der Waals surface area contributed by atoms with E-state index >= 15 is 0 Å². The van der Waals surface area contributed by atoms with Crippen LogP contribution in [0, 0.1) is 25.2 Å². The Labute approximate surface area is 151 Å². The van der Waals surface area contributed by atoms with Crippen molar-refractivity contribution in [3.05, 3.63) is 59.2 Å². The van der Waals surface area contributed by atoms with Gasteiger partial charge in [-0.05, 0) is 79.8 Å². The Bertz CT molecular complexity index is 751. The lowest BCUT2D eigenvalue weighted by atomic mass is 9.78. The molecule has 1 N–H and O–H groups in total. The van der Waals surface area contributed by atoms with E-state index in [2.05, 4.69) is 42.4 Å². The van der Waals surface area contributed by atoms with Crippen LogP contribution in [0.25, 0.3) is 0 Å². The van der Waals surface area contributed by atoms with Crippen LogP contribution in [0.3, 0.4) is 0 Å². The van der Waals surface area contributed by atoms with Crippen LogP contribution in [0.1, 0.15) is 48.3 Å². The molecule has 0 bridgehead atoms. The molecule has 0 amide bonds. The van der Waals surface area contributed by atoms with Crippen molar-refractivity contribution >= 4 is 5.69 Å². The highest BCUT2D eigenvalue weighted by Gasteiger charge is 2.22. The van der Waals surface area contributed by atoms with Crippen molar-refractivity contribution in [1.29, 1.82) is 0 Å². The number of methoxy groups -OCH3 is 1. The number of rotatable bonds is 5. The zero-order valence-electron chi connectivity index (χ0n) is 15.2. The summed E-state index contributed by atoms with van der Waals surface area (Å²) in [5, 5.41) is 3.56. The molecule has 25 heavy (non-hydrogen) atoms. The second kappa shape index (κ2) is 8.12. The van der Waals surface area contributed by atoms with Gasteiger partial charge >= 0.3 is 0 Å². The second-order valence-corrected chi connectivity index (χ2v) is 7.05. The maximum atomic E-state index is 5.47. The van der Waals surface area contributed by atoms with Crippen molar-refractivity contribution < 1.29 is 4.74 Å². The first kappa shape index (κ1) is 17.4.